The number of hydrogen-bond donors (Lipinski definition) is 1. The lowest BCUT2D eigenvalue weighted by atomic mass is 10.1. The molecular formula is C16H17ClN4O2S. The number of carbonyl (C=O) groups excluding carboxylic acids is 2. The minimum atomic E-state index is -0.397. The summed E-state index contributed by atoms with van der Waals surface area (Å²) >= 11 is 7.25. The van der Waals surface area contributed by atoms with Crippen LogP contribution in [0.25, 0.3) is 0 Å². The Morgan fingerprint density at radius 2 is 2.12 bits per heavy atom. The second-order valence-electron chi connectivity index (χ2n) is 5.62. The van der Waals surface area contributed by atoms with Crippen LogP contribution >= 0.6 is 22.9 Å². The number of nitrogens with zero attached hydrogens (tertiary/aromatic N) is 3. The number of hydrogen-bond acceptors (Lipinski definition) is 5. The maximum absolute atomic E-state index is 12.4. The standard InChI is InChI=1S/C16H17ClN4O2S/c1-2-3-13-19-20-16(24-13)18-15(23)10-8-14(22)21(9-10)12-6-4-11(17)5-7-12/h4-7,10H,2-3,8-9H2,1H3,(H,18,20,23)/t10-/m0/s1. The molecule has 2 amide bonds. The Bertz CT molecular complexity index is 747. The molecule has 1 aliphatic rings. The Labute approximate surface area is 148 Å². The van der Waals surface area contributed by atoms with Gasteiger partial charge in [-0.05, 0) is 30.7 Å². The first kappa shape index (κ1) is 16.9. The summed E-state index contributed by atoms with van der Waals surface area (Å²) in [4.78, 5) is 26.2. The Morgan fingerprint density at radius 1 is 1.38 bits per heavy atom. The number of halogens is 1. The van der Waals surface area contributed by atoms with Crippen LogP contribution in [0.3, 0.4) is 0 Å². The first-order valence-electron chi connectivity index (χ1n) is 7.76. The van der Waals surface area contributed by atoms with Crippen molar-refractivity contribution in [1.29, 1.82) is 0 Å². The molecule has 0 bridgehead atoms. The van der Waals surface area contributed by atoms with Crippen molar-refractivity contribution in [2.75, 3.05) is 16.8 Å². The minimum absolute atomic E-state index is 0.0681. The molecule has 1 atom stereocenters. The molecular weight excluding hydrogens is 348 g/mol. The molecule has 1 aromatic heterocycles. The molecule has 0 aliphatic carbocycles. The van der Waals surface area contributed by atoms with Crippen molar-refractivity contribution in [3.63, 3.8) is 0 Å². The van der Waals surface area contributed by atoms with Gasteiger partial charge < -0.3 is 10.2 Å². The molecule has 1 saturated heterocycles. The summed E-state index contributed by atoms with van der Waals surface area (Å²) in [6.45, 7) is 2.42. The summed E-state index contributed by atoms with van der Waals surface area (Å²) in [6.07, 6.45) is 2.02. The van der Waals surface area contributed by atoms with Crippen LogP contribution in [0.4, 0.5) is 10.8 Å². The molecule has 1 fully saturated rings. The van der Waals surface area contributed by atoms with E-state index in [9.17, 15) is 9.59 Å². The van der Waals surface area contributed by atoms with Gasteiger partial charge in [-0.15, -0.1) is 10.2 Å². The Morgan fingerprint density at radius 3 is 2.83 bits per heavy atom. The second kappa shape index (κ2) is 7.27. The van der Waals surface area contributed by atoms with E-state index >= 15 is 0 Å². The Hall–Kier alpha value is -1.99. The molecule has 1 N–H and O–H groups in total. The van der Waals surface area contributed by atoms with E-state index in [2.05, 4.69) is 22.4 Å². The zero-order valence-electron chi connectivity index (χ0n) is 13.2. The topological polar surface area (TPSA) is 75.2 Å². The minimum Gasteiger partial charge on any atom is -0.312 e. The molecule has 126 valence electrons. The smallest absolute Gasteiger partial charge is 0.231 e. The van der Waals surface area contributed by atoms with E-state index in [-0.39, 0.29) is 18.2 Å². The summed E-state index contributed by atoms with van der Waals surface area (Å²) < 4.78 is 0. The van der Waals surface area contributed by atoms with Crippen LogP contribution in [0.2, 0.25) is 5.02 Å². The highest BCUT2D eigenvalue weighted by molar-refractivity contribution is 7.15. The molecule has 0 saturated carbocycles. The zero-order valence-corrected chi connectivity index (χ0v) is 14.7. The average Bonchev–Trinajstić information content (AvgIpc) is 3.15. The fraction of sp³-hybridized carbons (Fsp3) is 0.375. The van der Waals surface area contributed by atoms with Crippen LogP contribution in [-0.2, 0) is 16.0 Å². The van der Waals surface area contributed by atoms with E-state index in [1.807, 2.05) is 0 Å². The summed E-state index contributed by atoms with van der Waals surface area (Å²) in [7, 11) is 0. The SMILES string of the molecule is CCCc1nnc(NC(=O)[C@H]2CC(=O)N(c3ccc(Cl)cc3)C2)s1. The van der Waals surface area contributed by atoms with E-state index in [4.69, 9.17) is 11.6 Å². The molecule has 0 unspecified atom stereocenters. The van der Waals surface area contributed by atoms with Crippen LogP contribution in [0, 0.1) is 5.92 Å². The first-order valence-corrected chi connectivity index (χ1v) is 8.95. The highest BCUT2D eigenvalue weighted by Gasteiger charge is 2.35. The fourth-order valence-corrected chi connectivity index (χ4v) is 3.55. The van der Waals surface area contributed by atoms with Gasteiger partial charge in [0, 0.05) is 30.1 Å². The van der Waals surface area contributed by atoms with Crippen LogP contribution < -0.4 is 10.2 Å². The lowest BCUT2D eigenvalue weighted by molar-refractivity contribution is -0.122. The van der Waals surface area contributed by atoms with Gasteiger partial charge in [-0.3, -0.25) is 9.59 Å². The number of nitrogens with one attached hydrogen (secondary N) is 1. The van der Waals surface area contributed by atoms with Crippen LogP contribution in [0.15, 0.2) is 24.3 Å². The van der Waals surface area contributed by atoms with Gasteiger partial charge in [0.25, 0.3) is 0 Å². The number of rotatable bonds is 5. The molecule has 6 nitrogen and oxygen atoms in total. The van der Waals surface area contributed by atoms with E-state index in [1.54, 1.807) is 29.2 Å². The molecule has 2 heterocycles. The highest BCUT2D eigenvalue weighted by Crippen LogP contribution is 2.27. The molecule has 0 spiro atoms. The van der Waals surface area contributed by atoms with Gasteiger partial charge in [0.05, 0.1) is 5.92 Å². The lowest BCUT2D eigenvalue weighted by Gasteiger charge is -2.16. The number of aryl methyl sites for hydroxylation is 1. The predicted octanol–water partition coefficient (Wildman–Crippen LogP) is 3.14. The molecule has 8 heteroatoms. The summed E-state index contributed by atoms with van der Waals surface area (Å²) in [5.74, 6) is -0.660. The van der Waals surface area contributed by atoms with Crippen molar-refractivity contribution >= 4 is 45.6 Å². The van der Waals surface area contributed by atoms with Crippen molar-refractivity contribution in [3.8, 4) is 0 Å². The fourth-order valence-electron chi connectivity index (χ4n) is 2.58. The van der Waals surface area contributed by atoms with Gasteiger partial charge in [-0.25, -0.2) is 0 Å². The van der Waals surface area contributed by atoms with E-state index in [0.717, 1.165) is 23.5 Å². The maximum atomic E-state index is 12.4. The zero-order chi connectivity index (χ0) is 17.1. The van der Waals surface area contributed by atoms with Crippen molar-refractivity contribution in [2.45, 2.75) is 26.2 Å². The largest absolute Gasteiger partial charge is 0.312 e. The molecule has 1 aromatic carbocycles. The Balaban J connectivity index is 1.64. The van der Waals surface area contributed by atoms with Gasteiger partial charge in [0.1, 0.15) is 5.01 Å². The van der Waals surface area contributed by atoms with Crippen LogP contribution in [-0.4, -0.2) is 28.6 Å². The van der Waals surface area contributed by atoms with Gasteiger partial charge in [-0.1, -0.05) is 29.9 Å². The number of anilines is 2. The lowest BCUT2D eigenvalue weighted by Crippen LogP contribution is -2.28. The molecule has 24 heavy (non-hydrogen) atoms. The van der Waals surface area contributed by atoms with Gasteiger partial charge >= 0.3 is 0 Å². The molecule has 2 aromatic rings. The van der Waals surface area contributed by atoms with Gasteiger partial charge in [0.15, 0.2) is 0 Å². The van der Waals surface area contributed by atoms with Crippen molar-refractivity contribution in [2.24, 2.45) is 5.92 Å². The summed E-state index contributed by atoms with van der Waals surface area (Å²) in [5, 5.41) is 12.8. The van der Waals surface area contributed by atoms with Crippen LogP contribution in [0.1, 0.15) is 24.8 Å². The maximum Gasteiger partial charge on any atom is 0.231 e. The molecule has 1 aliphatic heterocycles. The van der Waals surface area contributed by atoms with Gasteiger partial charge in [0.2, 0.25) is 16.9 Å². The number of amides is 2. The summed E-state index contributed by atoms with van der Waals surface area (Å²) in [6, 6.07) is 7.02. The summed E-state index contributed by atoms with van der Waals surface area (Å²) in [5.41, 5.74) is 0.751. The third-order valence-electron chi connectivity index (χ3n) is 3.79. The quantitative estimate of drug-likeness (QED) is 0.884. The molecule has 3 rings (SSSR count). The van der Waals surface area contributed by atoms with Crippen LogP contribution in [0.5, 0.6) is 0 Å². The molecule has 0 radical (unpaired) electrons. The second-order valence-corrected chi connectivity index (χ2v) is 7.12. The van der Waals surface area contributed by atoms with E-state index in [1.165, 1.54) is 11.3 Å². The average molecular weight is 365 g/mol. The highest BCUT2D eigenvalue weighted by atomic mass is 35.5. The monoisotopic (exact) mass is 364 g/mol. The van der Waals surface area contributed by atoms with Crippen molar-refractivity contribution in [1.82, 2.24) is 10.2 Å². The van der Waals surface area contributed by atoms with E-state index < -0.39 is 5.92 Å². The third-order valence-corrected chi connectivity index (χ3v) is 4.95. The Kier molecular flexibility index (Phi) is 5.11. The number of aromatic nitrogens is 2. The predicted molar refractivity (Wildman–Crippen MR) is 94.4 cm³/mol. The van der Waals surface area contributed by atoms with Gasteiger partial charge in [-0.2, -0.15) is 0 Å². The first-order chi connectivity index (χ1) is 11.6. The van der Waals surface area contributed by atoms with Crippen molar-refractivity contribution in [3.05, 3.63) is 34.3 Å². The third kappa shape index (κ3) is 3.73. The number of benzene rings is 1. The normalized spacial score (nSPS) is 17.3. The number of carbonyl (C=O) groups is 2. The van der Waals surface area contributed by atoms with E-state index in [0.29, 0.717) is 16.7 Å². The van der Waals surface area contributed by atoms with Crippen molar-refractivity contribution < 1.29 is 9.59 Å².